The van der Waals surface area contributed by atoms with Crippen molar-refractivity contribution in [1.29, 1.82) is 0 Å². The summed E-state index contributed by atoms with van der Waals surface area (Å²) >= 11 is 0. The molecular weight excluding hydrogens is 234 g/mol. The van der Waals surface area contributed by atoms with Gasteiger partial charge in [-0.15, -0.1) is 0 Å². The van der Waals surface area contributed by atoms with Gasteiger partial charge in [-0.3, -0.25) is 4.79 Å². The highest BCUT2D eigenvalue weighted by Gasteiger charge is 2.04. The molecule has 0 aromatic heterocycles. The zero-order valence-electron chi connectivity index (χ0n) is 11.2. The normalized spacial score (nSPS) is 10.4. The molecule has 1 N–H and O–H groups in total. The average molecular weight is 253 g/mol. The highest BCUT2D eigenvalue weighted by atomic mass is 16.1. The molecule has 0 amide bonds. The number of Topliss-reactive ketones (excluding diaryl/α,β-unsaturated/α-hetero) is 1. The SMILES string of the molecule is Cc1ccc(C(=O)CNCCc2ccccc2)cc1. The second kappa shape index (κ2) is 6.86. The van der Waals surface area contributed by atoms with E-state index in [1.165, 1.54) is 11.1 Å². The molecule has 0 aliphatic heterocycles. The quantitative estimate of drug-likeness (QED) is 0.633. The standard InChI is InChI=1S/C17H19NO/c1-14-7-9-16(10-8-14)17(19)13-18-12-11-15-5-3-2-4-6-15/h2-10,18H,11-13H2,1H3. The Morgan fingerprint density at radius 2 is 1.68 bits per heavy atom. The number of nitrogens with one attached hydrogen (secondary N) is 1. The molecule has 0 spiro atoms. The molecule has 2 aromatic carbocycles. The molecule has 0 bridgehead atoms. The Kier molecular flexibility index (Phi) is 4.87. The van der Waals surface area contributed by atoms with Crippen molar-refractivity contribution in [2.24, 2.45) is 0 Å². The minimum absolute atomic E-state index is 0.146. The second-order valence-electron chi connectivity index (χ2n) is 4.70. The van der Waals surface area contributed by atoms with Gasteiger partial charge in [-0.05, 0) is 25.5 Å². The predicted molar refractivity (Wildman–Crippen MR) is 78.5 cm³/mol. The van der Waals surface area contributed by atoms with E-state index >= 15 is 0 Å². The minimum Gasteiger partial charge on any atom is -0.309 e. The fraction of sp³-hybridized carbons (Fsp3) is 0.235. The van der Waals surface area contributed by atoms with E-state index in [0.717, 1.165) is 18.5 Å². The molecule has 2 nitrogen and oxygen atoms in total. The number of hydrogen-bond donors (Lipinski definition) is 1. The molecule has 2 rings (SSSR count). The number of hydrogen-bond acceptors (Lipinski definition) is 2. The first-order valence-electron chi connectivity index (χ1n) is 6.60. The largest absolute Gasteiger partial charge is 0.309 e. The third-order valence-electron chi connectivity index (χ3n) is 3.09. The molecule has 0 saturated carbocycles. The molecule has 0 radical (unpaired) electrons. The molecular formula is C17H19NO. The van der Waals surface area contributed by atoms with Crippen molar-refractivity contribution >= 4 is 5.78 Å². The topological polar surface area (TPSA) is 29.1 Å². The van der Waals surface area contributed by atoms with E-state index in [4.69, 9.17) is 0 Å². The van der Waals surface area contributed by atoms with Crippen LogP contribution in [0.2, 0.25) is 0 Å². The smallest absolute Gasteiger partial charge is 0.176 e. The van der Waals surface area contributed by atoms with Crippen LogP contribution in [0.15, 0.2) is 54.6 Å². The Morgan fingerprint density at radius 1 is 1.00 bits per heavy atom. The third-order valence-corrected chi connectivity index (χ3v) is 3.09. The Morgan fingerprint density at radius 3 is 2.37 bits per heavy atom. The summed E-state index contributed by atoms with van der Waals surface area (Å²) in [5, 5.41) is 3.20. The van der Waals surface area contributed by atoms with Gasteiger partial charge in [0.15, 0.2) is 5.78 Å². The molecule has 0 fully saturated rings. The number of benzene rings is 2. The van der Waals surface area contributed by atoms with Crippen LogP contribution in [0.1, 0.15) is 21.5 Å². The number of aryl methyl sites for hydroxylation is 1. The fourth-order valence-corrected chi connectivity index (χ4v) is 1.92. The van der Waals surface area contributed by atoms with E-state index in [9.17, 15) is 4.79 Å². The Balaban J connectivity index is 1.74. The van der Waals surface area contributed by atoms with Gasteiger partial charge in [0.25, 0.3) is 0 Å². The molecule has 19 heavy (non-hydrogen) atoms. The summed E-state index contributed by atoms with van der Waals surface area (Å²) in [4.78, 5) is 11.9. The van der Waals surface area contributed by atoms with Crippen LogP contribution in [0.5, 0.6) is 0 Å². The number of carbonyl (C=O) groups excluding carboxylic acids is 1. The molecule has 0 saturated heterocycles. The molecule has 98 valence electrons. The maximum absolute atomic E-state index is 11.9. The Labute approximate surface area is 114 Å². The van der Waals surface area contributed by atoms with Gasteiger partial charge in [-0.2, -0.15) is 0 Å². The summed E-state index contributed by atoms with van der Waals surface area (Å²) in [5.74, 6) is 0.146. The monoisotopic (exact) mass is 253 g/mol. The first-order valence-corrected chi connectivity index (χ1v) is 6.60. The van der Waals surface area contributed by atoms with Crippen LogP contribution in [-0.4, -0.2) is 18.9 Å². The van der Waals surface area contributed by atoms with Gasteiger partial charge in [0, 0.05) is 5.56 Å². The first-order chi connectivity index (χ1) is 9.25. The summed E-state index contributed by atoms with van der Waals surface area (Å²) in [6.07, 6.45) is 0.946. The Hall–Kier alpha value is -1.93. The van der Waals surface area contributed by atoms with Crippen molar-refractivity contribution in [3.63, 3.8) is 0 Å². The molecule has 0 heterocycles. The van der Waals surface area contributed by atoms with E-state index in [1.807, 2.05) is 49.4 Å². The summed E-state index contributed by atoms with van der Waals surface area (Å²) < 4.78 is 0. The van der Waals surface area contributed by atoms with Gasteiger partial charge in [-0.25, -0.2) is 0 Å². The summed E-state index contributed by atoms with van der Waals surface area (Å²) in [5.41, 5.74) is 3.24. The maximum atomic E-state index is 11.9. The summed E-state index contributed by atoms with van der Waals surface area (Å²) in [7, 11) is 0. The lowest BCUT2D eigenvalue weighted by Crippen LogP contribution is -2.25. The van der Waals surface area contributed by atoms with Crippen molar-refractivity contribution in [3.05, 3.63) is 71.3 Å². The van der Waals surface area contributed by atoms with Crippen LogP contribution in [0.4, 0.5) is 0 Å². The van der Waals surface area contributed by atoms with Crippen LogP contribution in [0.3, 0.4) is 0 Å². The van der Waals surface area contributed by atoms with Crippen molar-refractivity contribution in [1.82, 2.24) is 5.32 Å². The zero-order valence-corrected chi connectivity index (χ0v) is 11.2. The highest BCUT2D eigenvalue weighted by Crippen LogP contribution is 2.03. The number of ketones is 1. The second-order valence-corrected chi connectivity index (χ2v) is 4.70. The van der Waals surface area contributed by atoms with Gasteiger partial charge in [0.1, 0.15) is 0 Å². The van der Waals surface area contributed by atoms with Gasteiger partial charge < -0.3 is 5.32 Å². The summed E-state index contributed by atoms with van der Waals surface area (Å²) in [6, 6.07) is 18.0. The van der Waals surface area contributed by atoms with Crippen LogP contribution in [0, 0.1) is 6.92 Å². The number of carbonyl (C=O) groups is 1. The molecule has 2 aromatic rings. The molecule has 0 aliphatic rings. The van der Waals surface area contributed by atoms with Gasteiger partial charge in [0.05, 0.1) is 6.54 Å². The lowest BCUT2D eigenvalue weighted by Gasteiger charge is -2.05. The molecule has 0 unspecified atom stereocenters. The molecule has 2 heteroatoms. The van der Waals surface area contributed by atoms with E-state index < -0.39 is 0 Å². The lowest BCUT2D eigenvalue weighted by molar-refractivity contribution is 0.0991. The van der Waals surface area contributed by atoms with Gasteiger partial charge in [0.2, 0.25) is 0 Å². The van der Waals surface area contributed by atoms with Gasteiger partial charge in [-0.1, -0.05) is 60.2 Å². The van der Waals surface area contributed by atoms with Crippen molar-refractivity contribution in [2.45, 2.75) is 13.3 Å². The van der Waals surface area contributed by atoms with E-state index in [2.05, 4.69) is 17.4 Å². The zero-order chi connectivity index (χ0) is 13.5. The highest BCUT2D eigenvalue weighted by molar-refractivity contribution is 5.97. The van der Waals surface area contributed by atoms with Crippen LogP contribution in [-0.2, 0) is 6.42 Å². The van der Waals surface area contributed by atoms with Crippen molar-refractivity contribution in [2.75, 3.05) is 13.1 Å². The summed E-state index contributed by atoms with van der Waals surface area (Å²) in [6.45, 7) is 3.24. The average Bonchev–Trinajstić information content (AvgIpc) is 2.45. The van der Waals surface area contributed by atoms with E-state index in [-0.39, 0.29) is 5.78 Å². The Bertz CT molecular complexity index is 517. The maximum Gasteiger partial charge on any atom is 0.176 e. The van der Waals surface area contributed by atoms with Crippen LogP contribution < -0.4 is 5.32 Å². The fourth-order valence-electron chi connectivity index (χ4n) is 1.92. The van der Waals surface area contributed by atoms with E-state index in [1.54, 1.807) is 0 Å². The van der Waals surface area contributed by atoms with Crippen LogP contribution in [0.25, 0.3) is 0 Å². The van der Waals surface area contributed by atoms with E-state index in [0.29, 0.717) is 6.54 Å². The lowest BCUT2D eigenvalue weighted by atomic mass is 10.1. The number of rotatable bonds is 6. The van der Waals surface area contributed by atoms with Crippen LogP contribution >= 0.6 is 0 Å². The molecule has 0 atom stereocenters. The predicted octanol–water partition coefficient (Wildman–Crippen LogP) is 3.01. The first kappa shape index (κ1) is 13.5. The van der Waals surface area contributed by atoms with Crippen molar-refractivity contribution in [3.8, 4) is 0 Å². The molecule has 0 aliphatic carbocycles. The van der Waals surface area contributed by atoms with Crippen molar-refractivity contribution < 1.29 is 4.79 Å². The third kappa shape index (κ3) is 4.34. The van der Waals surface area contributed by atoms with Gasteiger partial charge >= 0.3 is 0 Å². The minimum atomic E-state index is 0.146.